The summed E-state index contributed by atoms with van der Waals surface area (Å²) in [6, 6.07) is 4.78. The number of rotatable bonds is 9. The van der Waals surface area contributed by atoms with Crippen LogP contribution in [0.2, 0.25) is 6.04 Å². The van der Waals surface area contributed by atoms with Gasteiger partial charge in [0.2, 0.25) is 5.75 Å². The molecule has 0 N–H and O–H groups in total. The predicted octanol–water partition coefficient (Wildman–Crippen LogP) is 1.83. The second-order valence-corrected chi connectivity index (χ2v) is 5.67. The maximum atomic E-state index is 11.6. The highest BCUT2D eigenvalue weighted by Gasteiger charge is 2.12. The number of carbonyl (C=O) groups is 1. The van der Waals surface area contributed by atoms with Crippen LogP contribution in [0.4, 0.5) is 0 Å². The van der Waals surface area contributed by atoms with Gasteiger partial charge in [0.05, 0.1) is 27.9 Å². The van der Waals surface area contributed by atoms with Crippen LogP contribution >= 0.6 is 0 Å². The van der Waals surface area contributed by atoms with Crippen molar-refractivity contribution in [2.45, 2.75) is 18.9 Å². The summed E-state index contributed by atoms with van der Waals surface area (Å²) >= 11 is 0. The van der Waals surface area contributed by atoms with E-state index in [4.69, 9.17) is 18.9 Å². The van der Waals surface area contributed by atoms with Gasteiger partial charge in [-0.15, -0.1) is 0 Å². The molecule has 0 amide bonds. The highest BCUT2D eigenvalue weighted by atomic mass is 28.1. The minimum Gasteiger partial charge on any atom is -0.493 e. The lowest BCUT2D eigenvalue weighted by atomic mass is 10.1. The zero-order chi connectivity index (χ0) is 16.4. The monoisotopic (exact) mass is 324 g/mol. The van der Waals surface area contributed by atoms with Crippen molar-refractivity contribution in [1.82, 2.24) is 0 Å². The van der Waals surface area contributed by atoms with Gasteiger partial charge in [-0.05, 0) is 30.2 Å². The zero-order valence-corrected chi connectivity index (χ0v) is 15.7. The molecule has 0 saturated carbocycles. The van der Waals surface area contributed by atoms with Crippen molar-refractivity contribution in [2.24, 2.45) is 0 Å². The summed E-state index contributed by atoms with van der Waals surface area (Å²) in [6.07, 6.45) is 5.12. The molecule has 0 fully saturated rings. The molecule has 0 bridgehead atoms. The first-order valence-electron chi connectivity index (χ1n) is 7.31. The fourth-order valence-corrected chi connectivity index (χ4v) is 2.43. The van der Waals surface area contributed by atoms with E-state index >= 15 is 0 Å². The second-order valence-electron chi connectivity index (χ2n) is 4.67. The molecule has 0 unspecified atom stereocenters. The van der Waals surface area contributed by atoms with Gasteiger partial charge in [-0.3, -0.25) is 0 Å². The van der Waals surface area contributed by atoms with Gasteiger partial charge in [0.25, 0.3) is 0 Å². The SMILES string of the molecule is COc1cc(C=CC(=O)OCCCC[SiH3])cc(OC)c1OC. The highest BCUT2D eigenvalue weighted by Crippen LogP contribution is 2.38. The zero-order valence-electron chi connectivity index (χ0n) is 13.7. The van der Waals surface area contributed by atoms with E-state index in [1.807, 2.05) is 0 Å². The third-order valence-corrected chi connectivity index (χ3v) is 3.80. The molecular weight excluding hydrogens is 300 g/mol. The first-order chi connectivity index (χ1) is 10.7. The number of benzene rings is 1. The van der Waals surface area contributed by atoms with Gasteiger partial charge >= 0.3 is 5.97 Å². The molecule has 122 valence electrons. The summed E-state index contributed by atoms with van der Waals surface area (Å²) in [5.41, 5.74) is 0.769. The van der Waals surface area contributed by atoms with Crippen LogP contribution in [0.15, 0.2) is 18.2 Å². The number of hydrogen-bond donors (Lipinski definition) is 0. The third kappa shape index (κ3) is 5.44. The van der Waals surface area contributed by atoms with Crippen LogP contribution in [0.1, 0.15) is 18.4 Å². The molecule has 0 saturated heterocycles. The van der Waals surface area contributed by atoms with Gasteiger partial charge in [0, 0.05) is 16.3 Å². The molecule has 0 aliphatic carbocycles. The lowest BCUT2D eigenvalue weighted by Crippen LogP contribution is -2.02. The summed E-state index contributed by atoms with van der Waals surface area (Å²) in [5, 5.41) is 0. The van der Waals surface area contributed by atoms with Gasteiger partial charge in [-0.1, -0.05) is 12.5 Å². The summed E-state index contributed by atoms with van der Waals surface area (Å²) < 4.78 is 20.9. The number of carbonyl (C=O) groups excluding carboxylic acids is 1. The first kappa shape index (κ1) is 18.1. The van der Waals surface area contributed by atoms with Crippen LogP contribution in [0.25, 0.3) is 6.08 Å². The molecule has 0 aromatic heterocycles. The van der Waals surface area contributed by atoms with Crippen molar-refractivity contribution in [3.63, 3.8) is 0 Å². The maximum absolute atomic E-state index is 11.6. The molecule has 1 aromatic rings. The fraction of sp³-hybridized carbons (Fsp3) is 0.438. The van der Waals surface area contributed by atoms with Gasteiger partial charge in [-0.25, -0.2) is 4.79 Å². The fourth-order valence-electron chi connectivity index (χ4n) is 1.93. The maximum Gasteiger partial charge on any atom is 0.330 e. The standard InChI is InChI=1S/C16H24O5Si/c1-18-13-10-12(11-14(19-2)16(13)20-3)6-7-15(17)21-8-4-5-9-22/h6-7,10-11H,4-5,8-9H2,1-3,22H3. The summed E-state index contributed by atoms with van der Waals surface area (Å²) in [6.45, 7) is 0.473. The average Bonchev–Trinajstić information content (AvgIpc) is 2.55. The van der Waals surface area contributed by atoms with Crippen LogP contribution < -0.4 is 14.2 Å². The molecule has 1 aromatic carbocycles. The van der Waals surface area contributed by atoms with E-state index < -0.39 is 0 Å². The van der Waals surface area contributed by atoms with Crippen molar-refractivity contribution in [3.8, 4) is 17.2 Å². The van der Waals surface area contributed by atoms with E-state index in [0.29, 0.717) is 23.9 Å². The molecule has 0 atom stereocenters. The van der Waals surface area contributed by atoms with E-state index in [1.54, 1.807) is 39.5 Å². The predicted molar refractivity (Wildman–Crippen MR) is 90.1 cm³/mol. The Hall–Kier alpha value is -1.95. The number of unbranched alkanes of at least 4 members (excludes halogenated alkanes) is 1. The van der Waals surface area contributed by atoms with E-state index in [0.717, 1.165) is 18.4 Å². The number of methoxy groups -OCH3 is 3. The van der Waals surface area contributed by atoms with Gasteiger partial charge in [0.1, 0.15) is 0 Å². The molecule has 0 aliphatic heterocycles. The molecule has 0 radical (unpaired) electrons. The van der Waals surface area contributed by atoms with Crippen LogP contribution in [0, 0.1) is 0 Å². The number of ether oxygens (including phenoxy) is 4. The number of hydrogen-bond acceptors (Lipinski definition) is 5. The number of esters is 1. The molecule has 6 heteroatoms. The third-order valence-electron chi connectivity index (χ3n) is 3.09. The van der Waals surface area contributed by atoms with Gasteiger partial charge in [0.15, 0.2) is 11.5 Å². The van der Waals surface area contributed by atoms with Crippen molar-refractivity contribution in [1.29, 1.82) is 0 Å². The second kappa shape index (κ2) is 9.89. The Balaban J connectivity index is 2.76. The van der Waals surface area contributed by atoms with Gasteiger partial charge < -0.3 is 18.9 Å². The summed E-state index contributed by atoms with van der Waals surface area (Å²) in [4.78, 5) is 11.6. The smallest absolute Gasteiger partial charge is 0.330 e. The Morgan fingerprint density at radius 1 is 1.09 bits per heavy atom. The first-order valence-corrected chi connectivity index (χ1v) is 8.72. The summed E-state index contributed by atoms with van der Waals surface area (Å²) in [7, 11) is 5.85. The Kier molecular flexibility index (Phi) is 8.13. The largest absolute Gasteiger partial charge is 0.493 e. The van der Waals surface area contributed by atoms with Gasteiger partial charge in [-0.2, -0.15) is 0 Å². The minimum absolute atomic E-state index is 0.345. The molecular formula is C16H24O5Si. The van der Waals surface area contributed by atoms with E-state index in [2.05, 4.69) is 0 Å². The van der Waals surface area contributed by atoms with E-state index in [-0.39, 0.29) is 5.97 Å². The normalized spacial score (nSPS) is 10.7. The van der Waals surface area contributed by atoms with Crippen molar-refractivity contribution in [3.05, 3.63) is 23.8 Å². The Bertz CT molecular complexity index is 488. The molecule has 0 aliphatic rings. The quantitative estimate of drug-likeness (QED) is 0.300. The Morgan fingerprint density at radius 3 is 2.23 bits per heavy atom. The minimum atomic E-state index is -0.345. The molecule has 0 heterocycles. The van der Waals surface area contributed by atoms with Crippen molar-refractivity contribution in [2.75, 3.05) is 27.9 Å². The van der Waals surface area contributed by atoms with Crippen LogP contribution in [0.3, 0.4) is 0 Å². The summed E-state index contributed by atoms with van der Waals surface area (Å²) in [5.74, 6) is 1.26. The lowest BCUT2D eigenvalue weighted by Gasteiger charge is -2.12. The molecule has 22 heavy (non-hydrogen) atoms. The van der Waals surface area contributed by atoms with E-state index in [9.17, 15) is 4.79 Å². The Morgan fingerprint density at radius 2 is 1.73 bits per heavy atom. The van der Waals surface area contributed by atoms with E-state index in [1.165, 1.54) is 22.4 Å². The average molecular weight is 324 g/mol. The van der Waals surface area contributed by atoms with Crippen molar-refractivity contribution >= 4 is 22.3 Å². The lowest BCUT2D eigenvalue weighted by molar-refractivity contribution is -0.137. The highest BCUT2D eigenvalue weighted by molar-refractivity contribution is 6.08. The van der Waals surface area contributed by atoms with Crippen LogP contribution in [-0.4, -0.2) is 44.1 Å². The Labute approximate surface area is 134 Å². The topological polar surface area (TPSA) is 54.0 Å². The molecule has 1 rings (SSSR count). The van der Waals surface area contributed by atoms with Crippen LogP contribution in [0.5, 0.6) is 17.2 Å². The molecule has 0 spiro atoms. The van der Waals surface area contributed by atoms with Crippen LogP contribution in [-0.2, 0) is 9.53 Å². The molecule has 5 nitrogen and oxygen atoms in total. The van der Waals surface area contributed by atoms with Crippen molar-refractivity contribution < 1.29 is 23.7 Å².